The normalized spacial score (nSPS) is 21.0. The minimum absolute atomic E-state index is 0.0821. The fourth-order valence-corrected chi connectivity index (χ4v) is 8.09. The molecule has 1 atom stereocenters. The number of fused-ring (bicyclic) bond motifs is 2. The molecule has 4 heterocycles. The van der Waals surface area contributed by atoms with Crippen molar-refractivity contribution < 1.29 is 22.7 Å². The molecule has 0 spiro atoms. The molecular formula is C31H35BrN4O5S. The fraction of sp³-hybridized carbons (Fsp3) is 0.419. The van der Waals surface area contributed by atoms with Gasteiger partial charge in [0.1, 0.15) is 6.54 Å². The van der Waals surface area contributed by atoms with Crippen LogP contribution in [0.4, 0.5) is 5.69 Å². The van der Waals surface area contributed by atoms with E-state index in [1.54, 1.807) is 23.1 Å². The van der Waals surface area contributed by atoms with Crippen LogP contribution in [0.1, 0.15) is 44.2 Å². The van der Waals surface area contributed by atoms with E-state index in [0.717, 1.165) is 46.7 Å². The van der Waals surface area contributed by atoms with Crippen LogP contribution >= 0.6 is 15.9 Å². The predicted octanol–water partition coefficient (Wildman–Crippen LogP) is 4.73. The predicted molar refractivity (Wildman–Crippen MR) is 167 cm³/mol. The lowest BCUT2D eigenvalue weighted by Gasteiger charge is -2.33. The molecule has 0 radical (unpaired) electrons. The third-order valence-corrected chi connectivity index (χ3v) is 10.9. The Hall–Kier alpha value is -2.99. The van der Waals surface area contributed by atoms with E-state index in [9.17, 15) is 18.0 Å². The van der Waals surface area contributed by atoms with Gasteiger partial charge in [-0.3, -0.25) is 9.59 Å². The summed E-state index contributed by atoms with van der Waals surface area (Å²) in [4.78, 5) is 30.8. The number of halogens is 1. The van der Waals surface area contributed by atoms with Gasteiger partial charge in [-0.15, -0.1) is 0 Å². The molecule has 3 aromatic rings. The molecule has 1 unspecified atom stereocenters. The number of likely N-dealkylation sites (tertiary alicyclic amines) is 1. The summed E-state index contributed by atoms with van der Waals surface area (Å²) in [5.74, 6) is -0.0961. The zero-order valence-electron chi connectivity index (χ0n) is 23.9. The largest absolute Gasteiger partial charge is 0.379 e. The van der Waals surface area contributed by atoms with Crippen molar-refractivity contribution >= 4 is 66.0 Å². The Balaban J connectivity index is 1.42. The lowest BCUT2D eigenvalue weighted by Crippen LogP contribution is -2.43. The van der Waals surface area contributed by atoms with Crippen LogP contribution in [0.15, 0.2) is 52.0 Å². The molecule has 2 aromatic carbocycles. The molecule has 2 fully saturated rings. The van der Waals surface area contributed by atoms with E-state index in [0.29, 0.717) is 49.7 Å². The summed E-state index contributed by atoms with van der Waals surface area (Å²) in [7, 11) is -3.74. The monoisotopic (exact) mass is 654 g/mol. The quantitative estimate of drug-likeness (QED) is 0.358. The average molecular weight is 656 g/mol. The second-order valence-electron chi connectivity index (χ2n) is 11.1. The van der Waals surface area contributed by atoms with Crippen molar-refractivity contribution in [1.29, 1.82) is 0 Å². The number of nitrogens with zero attached hydrogens (tertiary/aromatic N) is 4. The average Bonchev–Trinajstić information content (AvgIpc) is 3.46. The van der Waals surface area contributed by atoms with Crippen LogP contribution in [0.5, 0.6) is 0 Å². The van der Waals surface area contributed by atoms with Gasteiger partial charge in [0.25, 0.3) is 5.91 Å². The van der Waals surface area contributed by atoms with Gasteiger partial charge < -0.3 is 19.1 Å². The number of carbonyl (C=O) groups is 2. The van der Waals surface area contributed by atoms with Gasteiger partial charge in [-0.05, 0) is 75.6 Å². The number of sulfonamides is 1. The van der Waals surface area contributed by atoms with Gasteiger partial charge in [0.15, 0.2) is 0 Å². The van der Waals surface area contributed by atoms with Crippen molar-refractivity contribution in [3.63, 3.8) is 0 Å². The highest BCUT2D eigenvalue weighted by Gasteiger charge is 2.35. The highest BCUT2D eigenvalue weighted by molar-refractivity contribution is 9.10. The molecule has 42 heavy (non-hydrogen) atoms. The smallest absolute Gasteiger partial charge is 0.258 e. The van der Waals surface area contributed by atoms with Gasteiger partial charge >= 0.3 is 0 Å². The van der Waals surface area contributed by atoms with E-state index in [1.165, 1.54) is 4.31 Å². The Bertz CT molecular complexity index is 1690. The van der Waals surface area contributed by atoms with E-state index < -0.39 is 10.0 Å². The molecule has 222 valence electrons. The number of carbonyl (C=O) groups excluding carboxylic acids is 2. The van der Waals surface area contributed by atoms with Gasteiger partial charge in [-0.2, -0.15) is 4.31 Å². The van der Waals surface area contributed by atoms with Crippen LogP contribution in [0.3, 0.4) is 0 Å². The molecular weight excluding hydrogens is 620 g/mol. The van der Waals surface area contributed by atoms with E-state index in [1.807, 2.05) is 46.9 Å². The number of ether oxygens (including phenoxy) is 1. The van der Waals surface area contributed by atoms with Crippen LogP contribution < -0.4 is 4.90 Å². The fourth-order valence-electron chi connectivity index (χ4n) is 6.29. The minimum atomic E-state index is -3.74. The van der Waals surface area contributed by atoms with Crippen LogP contribution in [-0.4, -0.2) is 79.4 Å². The van der Waals surface area contributed by atoms with E-state index >= 15 is 0 Å². The third kappa shape index (κ3) is 5.21. The molecule has 11 heteroatoms. The Morgan fingerprint density at radius 2 is 1.88 bits per heavy atom. The second-order valence-corrected chi connectivity index (χ2v) is 14.0. The number of benzene rings is 2. The molecule has 2 amide bonds. The van der Waals surface area contributed by atoms with Crippen LogP contribution in [0.2, 0.25) is 0 Å². The first kappa shape index (κ1) is 29.1. The van der Waals surface area contributed by atoms with E-state index in [-0.39, 0.29) is 29.3 Å². The van der Waals surface area contributed by atoms with Gasteiger partial charge in [-0.25, -0.2) is 8.42 Å². The van der Waals surface area contributed by atoms with Crippen molar-refractivity contribution in [3.05, 3.63) is 58.2 Å². The molecule has 3 aliphatic heterocycles. The lowest BCUT2D eigenvalue weighted by molar-refractivity contribution is -0.135. The number of aromatic nitrogens is 1. The van der Waals surface area contributed by atoms with Gasteiger partial charge in [0.2, 0.25) is 15.9 Å². The maximum Gasteiger partial charge on any atom is 0.258 e. The van der Waals surface area contributed by atoms with E-state index in [4.69, 9.17) is 4.74 Å². The van der Waals surface area contributed by atoms with Crippen molar-refractivity contribution in [1.82, 2.24) is 13.8 Å². The number of hydrogen-bond donors (Lipinski definition) is 0. The summed E-state index contributed by atoms with van der Waals surface area (Å²) in [6, 6.07) is 11.1. The zero-order chi connectivity index (χ0) is 29.6. The third-order valence-electron chi connectivity index (χ3n) is 8.55. The van der Waals surface area contributed by atoms with Crippen LogP contribution in [0, 0.1) is 0 Å². The Morgan fingerprint density at radius 3 is 2.62 bits per heavy atom. The Labute approximate surface area is 254 Å². The summed E-state index contributed by atoms with van der Waals surface area (Å²) in [5.41, 5.74) is 3.39. The highest BCUT2D eigenvalue weighted by atomic mass is 79.9. The van der Waals surface area contributed by atoms with Crippen LogP contribution in [-0.2, 0) is 30.9 Å². The number of anilines is 1. The molecule has 1 aromatic heterocycles. The topological polar surface area (TPSA) is 92.2 Å². The first-order valence-corrected chi connectivity index (χ1v) is 16.8. The number of hydrogen-bond acceptors (Lipinski definition) is 5. The zero-order valence-corrected chi connectivity index (χ0v) is 26.3. The molecule has 2 saturated heterocycles. The molecule has 0 saturated carbocycles. The number of piperidine rings is 1. The first-order valence-electron chi connectivity index (χ1n) is 14.5. The standard InChI is InChI=1S/C31H35BrN4O5S/c1-3-35-29-10-8-24(42(39,40)34-12-14-41-15-13-34)18-26(29)27(31(35)38)16-22-19-33(28-9-7-23(32)17-25(22)28)20-30(37)36-11-5-4-6-21(36)2/h7-10,16-19,21H,3-6,11-15,20H2,1-2H3/b27-16-. The molecule has 3 aliphatic rings. The summed E-state index contributed by atoms with van der Waals surface area (Å²) in [6.07, 6.45) is 6.93. The van der Waals surface area contributed by atoms with Gasteiger partial charge in [-0.1, -0.05) is 15.9 Å². The highest BCUT2D eigenvalue weighted by Crippen LogP contribution is 2.40. The van der Waals surface area contributed by atoms with Crippen molar-refractivity contribution in [2.24, 2.45) is 0 Å². The van der Waals surface area contributed by atoms with Crippen molar-refractivity contribution in [2.45, 2.75) is 50.6 Å². The summed E-state index contributed by atoms with van der Waals surface area (Å²) in [5, 5.41) is 0.901. The maximum absolute atomic E-state index is 13.7. The summed E-state index contributed by atoms with van der Waals surface area (Å²) < 4.78 is 36.5. The van der Waals surface area contributed by atoms with Gasteiger partial charge in [0.05, 0.1) is 23.8 Å². The second kappa shape index (κ2) is 11.6. The molecule has 0 aliphatic carbocycles. The number of likely N-dealkylation sites (N-methyl/N-ethyl adjacent to an activating group) is 1. The number of rotatable bonds is 6. The molecule has 0 bridgehead atoms. The van der Waals surface area contributed by atoms with E-state index in [2.05, 4.69) is 22.9 Å². The van der Waals surface area contributed by atoms with Crippen molar-refractivity contribution in [2.75, 3.05) is 44.3 Å². The molecule has 9 nitrogen and oxygen atoms in total. The van der Waals surface area contributed by atoms with Crippen LogP contribution in [0.25, 0.3) is 22.6 Å². The number of amides is 2. The van der Waals surface area contributed by atoms with Gasteiger partial charge in [0, 0.05) is 70.5 Å². The Morgan fingerprint density at radius 1 is 1.10 bits per heavy atom. The minimum Gasteiger partial charge on any atom is -0.379 e. The molecule has 0 N–H and O–H groups in total. The SMILES string of the molecule is CCN1C(=O)/C(=C\c2cn(CC(=O)N3CCCCC3C)c3ccc(Br)cc23)c2cc(S(=O)(=O)N3CCOCC3)ccc21. The maximum atomic E-state index is 13.7. The first-order chi connectivity index (χ1) is 20.2. The lowest BCUT2D eigenvalue weighted by atomic mass is 10.0. The molecule has 6 rings (SSSR count). The Kier molecular flexibility index (Phi) is 8.03. The summed E-state index contributed by atoms with van der Waals surface area (Å²) in [6.45, 7) is 6.75. The van der Waals surface area contributed by atoms with Crippen molar-refractivity contribution in [3.8, 4) is 0 Å². The number of morpholine rings is 1. The summed E-state index contributed by atoms with van der Waals surface area (Å²) >= 11 is 3.58.